The van der Waals surface area contributed by atoms with E-state index in [2.05, 4.69) is 0 Å². The third kappa shape index (κ3) is 2.19. The molecule has 0 bridgehead atoms. The smallest absolute Gasteiger partial charge is 0.225 e. The van der Waals surface area contributed by atoms with Crippen LogP contribution in [0.4, 0.5) is 0 Å². The maximum absolute atomic E-state index is 5.86. The van der Waals surface area contributed by atoms with Crippen molar-refractivity contribution in [2.45, 2.75) is 9.39 Å². The zero-order chi connectivity index (χ0) is 11.3. The molecular formula is C9H5Cl5O. The quantitative estimate of drug-likeness (QED) is 0.546. The van der Waals surface area contributed by atoms with Crippen LogP contribution in [-0.2, 0) is 10.3 Å². The number of hydrogen-bond donors (Lipinski definition) is 0. The summed E-state index contributed by atoms with van der Waals surface area (Å²) in [7, 11) is 0. The van der Waals surface area contributed by atoms with Crippen molar-refractivity contribution in [2.24, 2.45) is 0 Å². The molecule has 1 nitrogen and oxygen atoms in total. The van der Waals surface area contributed by atoms with Crippen LogP contribution in [0.5, 0.6) is 0 Å². The Balaban J connectivity index is 2.46. The summed E-state index contributed by atoms with van der Waals surface area (Å²) >= 11 is 29.3. The Morgan fingerprint density at radius 1 is 1.07 bits per heavy atom. The van der Waals surface area contributed by atoms with Gasteiger partial charge >= 0.3 is 0 Å². The van der Waals surface area contributed by atoms with Gasteiger partial charge in [0.15, 0.2) is 5.60 Å². The summed E-state index contributed by atoms with van der Waals surface area (Å²) < 4.78 is 3.72. The lowest BCUT2D eigenvalue weighted by atomic mass is 10.0. The Kier molecular flexibility index (Phi) is 3.09. The van der Waals surface area contributed by atoms with E-state index in [1.165, 1.54) is 0 Å². The molecule has 1 aliphatic rings. The molecule has 15 heavy (non-hydrogen) atoms. The third-order valence-corrected chi connectivity index (χ3v) is 3.57. The first-order valence-electron chi connectivity index (χ1n) is 4.02. The molecule has 1 unspecified atom stereocenters. The molecule has 1 aromatic rings. The fourth-order valence-electron chi connectivity index (χ4n) is 1.35. The van der Waals surface area contributed by atoms with Crippen molar-refractivity contribution in [3.8, 4) is 0 Å². The highest BCUT2D eigenvalue weighted by Crippen LogP contribution is 2.56. The Labute approximate surface area is 112 Å². The van der Waals surface area contributed by atoms with Crippen molar-refractivity contribution in [3.63, 3.8) is 0 Å². The minimum absolute atomic E-state index is 0.347. The molecule has 1 aliphatic heterocycles. The monoisotopic (exact) mass is 304 g/mol. The molecule has 0 amide bonds. The molecule has 0 saturated carbocycles. The Morgan fingerprint density at radius 2 is 1.53 bits per heavy atom. The van der Waals surface area contributed by atoms with Gasteiger partial charge in [0.05, 0.1) is 6.61 Å². The van der Waals surface area contributed by atoms with E-state index in [0.29, 0.717) is 22.2 Å². The number of ether oxygens (including phenoxy) is 1. The molecule has 0 spiro atoms. The molecule has 0 aromatic heterocycles. The van der Waals surface area contributed by atoms with E-state index in [9.17, 15) is 0 Å². The normalized spacial score (nSPS) is 25.4. The average molecular weight is 306 g/mol. The first-order valence-corrected chi connectivity index (χ1v) is 5.91. The highest BCUT2D eigenvalue weighted by molar-refractivity contribution is 6.68. The first kappa shape index (κ1) is 12.1. The Morgan fingerprint density at radius 3 is 1.87 bits per heavy atom. The number of rotatable bonds is 1. The summed E-state index contributed by atoms with van der Waals surface area (Å²) in [5.41, 5.74) is -0.230. The minimum atomic E-state index is -1.53. The van der Waals surface area contributed by atoms with Gasteiger partial charge in [-0.25, -0.2) is 0 Å². The topological polar surface area (TPSA) is 12.5 Å². The third-order valence-electron chi connectivity index (χ3n) is 2.22. The van der Waals surface area contributed by atoms with Crippen LogP contribution < -0.4 is 0 Å². The summed E-state index contributed by atoms with van der Waals surface area (Å²) in [6.45, 7) is 0.347. The van der Waals surface area contributed by atoms with Gasteiger partial charge in [0.1, 0.15) is 0 Å². The van der Waals surface area contributed by atoms with Gasteiger partial charge in [-0.2, -0.15) is 0 Å². The van der Waals surface area contributed by atoms with Crippen LogP contribution in [0.25, 0.3) is 0 Å². The van der Waals surface area contributed by atoms with Crippen molar-refractivity contribution in [1.82, 2.24) is 0 Å². The van der Waals surface area contributed by atoms with Crippen molar-refractivity contribution < 1.29 is 4.74 Å². The van der Waals surface area contributed by atoms with Gasteiger partial charge in [-0.1, -0.05) is 58.0 Å². The van der Waals surface area contributed by atoms with E-state index in [-0.39, 0.29) is 0 Å². The molecule has 0 radical (unpaired) electrons. The molecule has 1 aromatic carbocycles. The number of benzene rings is 1. The molecule has 6 heteroatoms. The van der Waals surface area contributed by atoms with Gasteiger partial charge in [-0.05, 0) is 23.8 Å². The molecule has 1 heterocycles. The maximum Gasteiger partial charge on any atom is 0.225 e. The molecule has 2 rings (SSSR count). The molecule has 1 atom stereocenters. The highest BCUT2D eigenvalue weighted by atomic mass is 35.6. The van der Waals surface area contributed by atoms with Gasteiger partial charge in [0.25, 0.3) is 0 Å². The van der Waals surface area contributed by atoms with E-state index in [1.54, 1.807) is 18.2 Å². The lowest BCUT2D eigenvalue weighted by Crippen LogP contribution is -2.27. The predicted molar refractivity (Wildman–Crippen MR) is 64.4 cm³/mol. The minimum Gasteiger partial charge on any atom is -0.360 e. The molecular weight excluding hydrogens is 301 g/mol. The largest absolute Gasteiger partial charge is 0.360 e. The predicted octanol–water partition coefficient (Wildman–Crippen LogP) is 4.59. The Bertz CT molecular complexity index is 374. The van der Waals surface area contributed by atoms with Crippen LogP contribution in [0.3, 0.4) is 0 Å². The molecule has 82 valence electrons. The van der Waals surface area contributed by atoms with E-state index in [0.717, 1.165) is 0 Å². The van der Waals surface area contributed by atoms with Crippen LogP contribution >= 0.6 is 58.0 Å². The average Bonchev–Trinajstić information content (AvgIpc) is 2.79. The maximum atomic E-state index is 5.86. The standard InChI is InChI=1S/C9H5Cl5O/c10-6-1-5(2-7(11)3-6)8(4-15-8)9(12,13)14/h1-3H,4H2. The van der Waals surface area contributed by atoms with Crippen molar-refractivity contribution in [2.75, 3.05) is 6.61 Å². The van der Waals surface area contributed by atoms with Gasteiger partial charge in [-0.3, -0.25) is 0 Å². The SMILES string of the molecule is Clc1cc(Cl)cc(C2(C(Cl)(Cl)Cl)CO2)c1. The van der Waals surface area contributed by atoms with E-state index < -0.39 is 9.39 Å². The van der Waals surface area contributed by atoms with E-state index >= 15 is 0 Å². The fraction of sp³-hybridized carbons (Fsp3) is 0.333. The summed E-state index contributed by atoms with van der Waals surface area (Å²) in [6.07, 6.45) is 0. The number of alkyl halides is 3. The second-order valence-corrected chi connectivity index (χ2v) is 6.43. The van der Waals surface area contributed by atoms with Crippen LogP contribution in [-0.4, -0.2) is 10.4 Å². The van der Waals surface area contributed by atoms with Crippen molar-refractivity contribution >= 4 is 58.0 Å². The van der Waals surface area contributed by atoms with Crippen molar-refractivity contribution in [3.05, 3.63) is 33.8 Å². The summed E-state index contributed by atoms with van der Waals surface area (Å²) in [5.74, 6) is 0. The fourth-order valence-corrected chi connectivity index (χ4v) is 2.53. The second kappa shape index (κ2) is 3.83. The van der Waals surface area contributed by atoms with Gasteiger partial charge in [0.2, 0.25) is 3.79 Å². The molecule has 0 aliphatic carbocycles. The van der Waals surface area contributed by atoms with Crippen LogP contribution in [0.15, 0.2) is 18.2 Å². The lowest BCUT2D eigenvalue weighted by molar-refractivity contribution is 0.311. The van der Waals surface area contributed by atoms with Gasteiger partial charge in [0, 0.05) is 10.0 Å². The van der Waals surface area contributed by atoms with Crippen LogP contribution in [0, 0.1) is 0 Å². The number of halogens is 5. The summed E-state index contributed by atoms with van der Waals surface area (Å²) in [4.78, 5) is 0. The van der Waals surface area contributed by atoms with Crippen molar-refractivity contribution in [1.29, 1.82) is 0 Å². The summed E-state index contributed by atoms with van der Waals surface area (Å²) in [5, 5.41) is 0.975. The second-order valence-electron chi connectivity index (χ2n) is 3.27. The van der Waals surface area contributed by atoms with E-state index in [1.807, 2.05) is 0 Å². The number of hydrogen-bond acceptors (Lipinski definition) is 1. The molecule has 1 fully saturated rings. The first-order chi connectivity index (χ1) is 6.85. The van der Waals surface area contributed by atoms with Crippen LogP contribution in [0.1, 0.15) is 5.56 Å². The lowest BCUT2D eigenvalue weighted by Gasteiger charge is -2.21. The zero-order valence-corrected chi connectivity index (χ0v) is 11.0. The summed E-state index contributed by atoms with van der Waals surface area (Å²) in [6, 6.07) is 4.98. The van der Waals surface area contributed by atoms with Gasteiger partial charge < -0.3 is 4.74 Å². The molecule has 1 saturated heterocycles. The molecule has 0 N–H and O–H groups in total. The highest BCUT2D eigenvalue weighted by Gasteiger charge is 2.61. The Hall–Kier alpha value is 0.630. The zero-order valence-electron chi connectivity index (χ0n) is 7.24. The van der Waals surface area contributed by atoms with Gasteiger partial charge in [-0.15, -0.1) is 0 Å². The van der Waals surface area contributed by atoms with E-state index in [4.69, 9.17) is 62.7 Å². The number of epoxide rings is 1. The van der Waals surface area contributed by atoms with Crippen LogP contribution in [0.2, 0.25) is 10.0 Å².